The number of carbonyl (C=O) groups is 1. The minimum Gasteiger partial charge on any atom is -0.337 e. The Balaban J connectivity index is 2.49. The summed E-state index contributed by atoms with van der Waals surface area (Å²) in [4.78, 5) is 15.7. The Labute approximate surface area is 92.7 Å². The van der Waals surface area contributed by atoms with E-state index in [1.807, 2.05) is 4.90 Å². The van der Waals surface area contributed by atoms with Crippen molar-refractivity contribution < 1.29 is 4.79 Å². The van der Waals surface area contributed by atoms with Crippen LogP contribution in [-0.2, 0) is 4.79 Å². The second-order valence-electron chi connectivity index (χ2n) is 4.68. The lowest BCUT2D eigenvalue weighted by Gasteiger charge is -2.43. The number of hydrogen-bond acceptors (Lipinski definition) is 2. The third-order valence-electron chi connectivity index (χ3n) is 3.49. The lowest BCUT2D eigenvalue weighted by atomic mass is 9.98. The Morgan fingerprint density at radius 2 is 1.87 bits per heavy atom. The quantitative estimate of drug-likeness (QED) is 0.659. The van der Waals surface area contributed by atoms with Crippen molar-refractivity contribution in [2.75, 3.05) is 26.2 Å². The molecule has 1 heterocycles. The molecule has 3 heteroatoms. The first-order valence-corrected chi connectivity index (χ1v) is 5.67. The van der Waals surface area contributed by atoms with Gasteiger partial charge in [-0.25, -0.2) is 0 Å². The van der Waals surface area contributed by atoms with Gasteiger partial charge in [0.1, 0.15) is 0 Å². The van der Waals surface area contributed by atoms with Crippen LogP contribution in [0.5, 0.6) is 0 Å². The van der Waals surface area contributed by atoms with Gasteiger partial charge in [-0.15, -0.1) is 0 Å². The maximum atomic E-state index is 11.4. The van der Waals surface area contributed by atoms with Gasteiger partial charge in [-0.05, 0) is 26.3 Å². The minimum atomic E-state index is 0.0592. The smallest absolute Gasteiger partial charge is 0.246 e. The first kappa shape index (κ1) is 12.2. The normalized spacial score (nSPS) is 19.0. The van der Waals surface area contributed by atoms with Gasteiger partial charge in [0.15, 0.2) is 0 Å². The zero-order chi connectivity index (χ0) is 11.5. The molecule has 0 radical (unpaired) electrons. The second kappa shape index (κ2) is 4.79. The van der Waals surface area contributed by atoms with Crippen LogP contribution in [0.1, 0.15) is 27.2 Å². The molecule has 0 aromatic rings. The third kappa shape index (κ3) is 2.81. The van der Waals surface area contributed by atoms with Gasteiger partial charge in [0.2, 0.25) is 5.91 Å². The summed E-state index contributed by atoms with van der Waals surface area (Å²) < 4.78 is 0. The lowest BCUT2D eigenvalue weighted by Crippen LogP contribution is -2.55. The number of rotatable bonds is 3. The van der Waals surface area contributed by atoms with Gasteiger partial charge in [0.25, 0.3) is 0 Å². The van der Waals surface area contributed by atoms with E-state index in [1.54, 1.807) is 0 Å². The fourth-order valence-corrected chi connectivity index (χ4v) is 1.88. The van der Waals surface area contributed by atoms with E-state index in [2.05, 4.69) is 32.3 Å². The molecule has 0 atom stereocenters. The first-order valence-electron chi connectivity index (χ1n) is 5.67. The highest BCUT2D eigenvalue weighted by Gasteiger charge is 2.28. The van der Waals surface area contributed by atoms with Gasteiger partial charge in [-0.3, -0.25) is 9.69 Å². The van der Waals surface area contributed by atoms with Crippen molar-refractivity contribution in [1.82, 2.24) is 9.80 Å². The SMILES string of the molecule is C=CC(=O)N1CCN(C(C)(C)CC)CC1. The number of nitrogens with zero attached hydrogens (tertiary/aromatic N) is 2. The maximum Gasteiger partial charge on any atom is 0.246 e. The Hall–Kier alpha value is -0.830. The van der Waals surface area contributed by atoms with E-state index < -0.39 is 0 Å². The topological polar surface area (TPSA) is 23.6 Å². The molecule has 0 saturated carbocycles. The van der Waals surface area contributed by atoms with E-state index in [1.165, 1.54) is 6.08 Å². The molecule has 0 bridgehead atoms. The number of piperazine rings is 1. The highest BCUT2D eigenvalue weighted by molar-refractivity contribution is 5.87. The summed E-state index contributed by atoms with van der Waals surface area (Å²) in [6.07, 6.45) is 2.54. The molecule has 1 rings (SSSR count). The molecule has 0 aliphatic carbocycles. The van der Waals surface area contributed by atoms with Gasteiger partial charge in [0.05, 0.1) is 0 Å². The highest BCUT2D eigenvalue weighted by Crippen LogP contribution is 2.20. The van der Waals surface area contributed by atoms with E-state index in [9.17, 15) is 4.79 Å². The van der Waals surface area contributed by atoms with Crippen LogP contribution in [0.15, 0.2) is 12.7 Å². The maximum absolute atomic E-state index is 11.4. The molecule has 1 aliphatic heterocycles. The Kier molecular flexibility index (Phi) is 3.91. The molecule has 0 N–H and O–H groups in total. The minimum absolute atomic E-state index is 0.0592. The van der Waals surface area contributed by atoms with Gasteiger partial charge < -0.3 is 4.90 Å². The molecule has 1 aliphatic rings. The molecule has 0 unspecified atom stereocenters. The predicted octanol–water partition coefficient (Wildman–Crippen LogP) is 1.51. The molecule has 0 aromatic carbocycles. The van der Waals surface area contributed by atoms with Crippen molar-refractivity contribution in [2.24, 2.45) is 0 Å². The Morgan fingerprint density at radius 3 is 2.27 bits per heavy atom. The molecule has 15 heavy (non-hydrogen) atoms. The first-order chi connectivity index (χ1) is 7.01. The second-order valence-corrected chi connectivity index (χ2v) is 4.68. The van der Waals surface area contributed by atoms with Crippen LogP contribution in [0.2, 0.25) is 0 Å². The monoisotopic (exact) mass is 210 g/mol. The van der Waals surface area contributed by atoms with Crippen molar-refractivity contribution >= 4 is 5.91 Å². The average Bonchev–Trinajstić information content (AvgIpc) is 2.28. The summed E-state index contributed by atoms with van der Waals surface area (Å²) in [6.45, 7) is 13.8. The van der Waals surface area contributed by atoms with Crippen molar-refractivity contribution in [2.45, 2.75) is 32.7 Å². The van der Waals surface area contributed by atoms with Crippen LogP contribution in [-0.4, -0.2) is 47.4 Å². The van der Waals surface area contributed by atoms with Crippen LogP contribution < -0.4 is 0 Å². The number of hydrogen-bond donors (Lipinski definition) is 0. The van der Waals surface area contributed by atoms with Crippen LogP contribution in [0.3, 0.4) is 0 Å². The number of carbonyl (C=O) groups excluding carboxylic acids is 1. The van der Waals surface area contributed by atoms with Crippen molar-refractivity contribution in [3.8, 4) is 0 Å². The van der Waals surface area contributed by atoms with Crippen LogP contribution >= 0.6 is 0 Å². The summed E-state index contributed by atoms with van der Waals surface area (Å²) in [5.41, 5.74) is 0.253. The summed E-state index contributed by atoms with van der Waals surface area (Å²) in [6, 6.07) is 0. The third-order valence-corrected chi connectivity index (χ3v) is 3.49. The van der Waals surface area contributed by atoms with Crippen LogP contribution in [0, 0.1) is 0 Å². The molecule has 86 valence electrons. The molecule has 0 spiro atoms. The molecule has 1 fully saturated rings. The molecule has 0 aromatic heterocycles. The van der Waals surface area contributed by atoms with Gasteiger partial charge in [-0.1, -0.05) is 13.5 Å². The van der Waals surface area contributed by atoms with E-state index in [0.717, 1.165) is 32.6 Å². The Bertz CT molecular complexity index is 240. The van der Waals surface area contributed by atoms with Crippen LogP contribution in [0.25, 0.3) is 0 Å². The standard InChI is InChI=1S/C12H22N2O/c1-5-11(15)13-7-9-14(10-8-13)12(3,4)6-2/h5H,1,6-10H2,2-4H3. The fourth-order valence-electron chi connectivity index (χ4n) is 1.88. The van der Waals surface area contributed by atoms with Gasteiger partial charge >= 0.3 is 0 Å². The zero-order valence-electron chi connectivity index (χ0n) is 10.1. The van der Waals surface area contributed by atoms with Crippen molar-refractivity contribution in [1.29, 1.82) is 0 Å². The molecular formula is C12H22N2O. The molecule has 3 nitrogen and oxygen atoms in total. The summed E-state index contributed by atoms with van der Waals surface area (Å²) in [5.74, 6) is 0.0592. The van der Waals surface area contributed by atoms with Crippen LogP contribution in [0.4, 0.5) is 0 Å². The van der Waals surface area contributed by atoms with Crippen molar-refractivity contribution in [3.63, 3.8) is 0 Å². The fraction of sp³-hybridized carbons (Fsp3) is 0.750. The van der Waals surface area contributed by atoms with Crippen molar-refractivity contribution in [3.05, 3.63) is 12.7 Å². The van der Waals surface area contributed by atoms with E-state index >= 15 is 0 Å². The predicted molar refractivity (Wildman–Crippen MR) is 62.7 cm³/mol. The Morgan fingerprint density at radius 1 is 1.33 bits per heavy atom. The number of amides is 1. The highest BCUT2D eigenvalue weighted by atomic mass is 16.2. The molecule has 1 saturated heterocycles. The zero-order valence-corrected chi connectivity index (χ0v) is 10.1. The summed E-state index contributed by atoms with van der Waals surface area (Å²) in [5, 5.41) is 0. The van der Waals surface area contributed by atoms with E-state index in [4.69, 9.17) is 0 Å². The molecule has 1 amide bonds. The largest absolute Gasteiger partial charge is 0.337 e. The molecular weight excluding hydrogens is 188 g/mol. The summed E-state index contributed by atoms with van der Waals surface area (Å²) in [7, 11) is 0. The lowest BCUT2D eigenvalue weighted by molar-refractivity contribution is -0.128. The average molecular weight is 210 g/mol. The van der Waals surface area contributed by atoms with Gasteiger partial charge in [0, 0.05) is 31.7 Å². The van der Waals surface area contributed by atoms with E-state index in [0.29, 0.717) is 0 Å². The summed E-state index contributed by atoms with van der Waals surface area (Å²) >= 11 is 0. The van der Waals surface area contributed by atoms with Gasteiger partial charge in [-0.2, -0.15) is 0 Å². The van der Waals surface area contributed by atoms with E-state index in [-0.39, 0.29) is 11.4 Å².